The van der Waals surface area contributed by atoms with E-state index in [0.29, 0.717) is 10.7 Å². The molecule has 5 nitrogen and oxygen atoms in total. The number of nitrogens with zero attached hydrogens (tertiary/aromatic N) is 2. The van der Waals surface area contributed by atoms with Crippen LogP contribution in [-0.2, 0) is 7.05 Å². The summed E-state index contributed by atoms with van der Waals surface area (Å²) >= 11 is 5.90. The van der Waals surface area contributed by atoms with Crippen molar-refractivity contribution in [3.05, 3.63) is 46.8 Å². The number of benzene rings is 1. The van der Waals surface area contributed by atoms with Gasteiger partial charge in [0.15, 0.2) is 5.78 Å². The molecular formula is C13H11ClN2O3. The molecule has 1 aromatic heterocycles. The molecule has 0 atom stereocenters. The van der Waals surface area contributed by atoms with Crippen molar-refractivity contribution in [3.63, 3.8) is 0 Å². The van der Waals surface area contributed by atoms with E-state index in [1.807, 2.05) is 0 Å². The van der Waals surface area contributed by atoms with E-state index < -0.39 is 5.78 Å². The minimum Gasteiger partial charge on any atom is -0.508 e. The summed E-state index contributed by atoms with van der Waals surface area (Å²) in [5.41, 5.74) is 0.695. The van der Waals surface area contributed by atoms with Gasteiger partial charge in [0.05, 0.1) is 22.5 Å². The number of hydrogen-bond donors (Lipinski definition) is 2. The van der Waals surface area contributed by atoms with Gasteiger partial charge < -0.3 is 10.2 Å². The van der Waals surface area contributed by atoms with Crippen molar-refractivity contribution in [2.75, 3.05) is 0 Å². The molecule has 0 spiro atoms. The van der Waals surface area contributed by atoms with Gasteiger partial charge in [0, 0.05) is 13.1 Å². The van der Waals surface area contributed by atoms with Gasteiger partial charge >= 0.3 is 0 Å². The second-order valence-electron chi connectivity index (χ2n) is 3.90. The molecule has 0 saturated carbocycles. The lowest BCUT2D eigenvalue weighted by molar-refractivity contribution is 0.104. The third-order valence-electron chi connectivity index (χ3n) is 2.58. The van der Waals surface area contributed by atoms with E-state index in [9.17, 15) is 9.90 Å². The fourth-order valence-corrected chi connectivity index (χ4v) is 1.81. The number of ketones is 1. The fourth-order valence-electron chi connectivity index (χ4n) is 1.58. The second kappa shape index (κ2) is 5.16. The van der Waals surface area contributed by atoms with Crippen molar-refractivity contribution in [1.29, 1.82) is 0 Å². The first-order valence-corrected chi connectivity index (χ1v) is 5.78. The summed E-state index contributed by atoms with van der Waals surface area (Å²) in [6.07, 6.45) is 4.28. The van der Waals surface area contributed by atoms with Gasteiger partial charge in [-0.05, 0) is 24.3 Å². The molecule has 1 heterocycles. The Morgan fingerprint density at radius 1 is 1.42 bits per heavy atom. The average molecular weight is 279 g/mol. The SMILES string of the molecule is Cn1ncc(Cl)c1/C=C/C(=O)c1ccc(O)cc1O. The van der Waals surface area contributed by atoms with Crippen molar-refractivity contribution < 1.29 is 15.0 Å². The molecule has 98 valence electrons. The van der Waals surface area contributed by atoms with Crippen LogP contribution >= 0.6 is 11.6 Å². The molecule has 0 aliphatic rings. The normalized spacial score (nSPS) is 11.1. The number of aryl methyl sites for hydroxylation is 1. The van der Waals surface area contributed by atoms with Crippen LogP contribution in [0.2, 0.25) is 5.02 Å². The third-order valence-corrected chi connectivity index (χ3v) is 2.87. The molecule has 19 heavy (non-hydrogen) atoms. The lowest BCUT2D eigenvalue weighted by Crippen LogP contribution is -1.96. The summed E-state index contributed by atoms with van der Waals surface area (Å²) in [6.45, 7) is 0. The smallest absolute Gasteiger partial charge is 0.189 e. The number of rotatable bonds is 3. The van der Waals surface area contributed by atoms with E-state index in [1.54, 1.807) is 7.05 Å². The highest BCUT2D eigenvalue weighted by Gasteiger charge is 2.09. The van der Waals surface area contributed by atoms with Gasteiger partial charge in [0.2, 0.25) is 0 Å². The molecule has 2 aromatic rings. The summed E-state index contributed by atoms with van der Waals surface area (Å²) in [4.78, 5) is 11.9. The quantitative estimate of drug-likeness (QED) is 0.668. The lowest BCUT2D eigenvalue weighted by Gasteiger charge is -2.01. The Morgan fingerprint density at radius 2 is 2.16 bits per heavy atom. The number of hydrogen-bond acceptors (Lipinski definition) is 4. The number of carbonyl (C=O) groups excluding carboxylic acids is 1. The van der Waals surface area contributed by atoms with Crippen molar-refractivity contribution in [3.8, 4) is 11.5 Å². The van der Waals surface area contributed by atoms with Crippen molar-refractivity contribution in [2.24, 2.45) is 7.05 Å². The Labute approximate surface area is 114 Å². The molecule has 2 N–H and O–H groups in total. The summed E-state index contributed by atoms with van der Waals surface area (Å²) in [5.74, 6) is -0.770. The minimum absolute atomic E-state index is 0.104. The number of aromatic nitrogens is 2. The Kier molecular flexibility index (Phi) is 3.57. The summed E-state index contributed by atoms with van der Waals surface area (Å²) in [6, 6.07) is 3.79. The Balaban J connectivity index is 2.26. The van der Waals surface area contributed by atoms with Crippen molar-refractivity contribution in [2.45, 2.75) is 0 Å². The molecule has 0 amide bonds. The molecule has 1 aromatic carbocycles. The monoisotopic (exact) mass is 278 g/mol. The molecule has 0 unspecified atom stereocenters. The van der Waals surface area contributed by atoms with Gasteiger partial charge in [-0.3, -0.25) is 9.48 Å². The van der Waals surface area contributed by atoms with Gasteiger partial charge in [-0.15, -0.1) is 0 Å². The first-order chi connectivity index (χ1) is 8.99. The van der Waals surface area contributed by atoms with E-state index in [1.165, 1.54) is 35.2 Å². The number of phenolic OH excluding ortho intramolecular Hbond substituents is 2. The van der Waals surface area contributed by atoms with Crippen LogP contribution in [0.4, 0.5) is 0 Å². The predicted octanol–water partition coefficient (Wildman–Crippen LogP) is 2.38. The van der Waals surface area contributed by atoms with Crippen LogP contribution < -0.4 is 0 Å². The van der Waals surface area contributed by atoms with Crippen LogP contribution in [0, 0.1) is 0 Å². The first kappa shape index (κ1) is 13.2. The molecule has 2 rings (SSSR count). The maximum absolute atomic E-state index is 11.9. The Hall–Kier alpha value is -2.27. The molecule has 0 fully saturated rings. The van der Waals surface area contributed by atoms with Gasteiger partial charge in [-0.25, -0.2) is 0 Å². The maximum Gasteiger partial charge on any atom is 0.189 e. The second-order valence-corrected chi connectivity index (χ2v) is 4.31. The van der Waals surface area contributed by atoms with E-state index in [0.717, 1.165) is 6.07 Å². The molecular weight excluding hydrogens is 268 g/mol. The average Bonchev–Trinajstić information content (AvgIpc) is 2.66. The van der Waals surface area contributed by atoms with E-state index >= 15 is 0 Å². The van der Waals surface area contributed by atoms with Crippen molar-refractivity contribution >= 4 is 23.5 Å². The Bertz CT molecular complexity index is 642. The molecule has 0 bridgehead atoms. The number of phenols is 2. The first-order valence-electron chi connectivity index (χ1n) is 5.41. The van der Waals surface area contributed by atoms with Crippen LogP contribution in [-0.4, -0.2) is 25.8 Å². The van der Waals surface area contributed by atoms with E-state index in [2.05, 4.69) is 5.10 Å². The molecule has 0 aliphatic carbocycles. The topological polar surface area (TPSA) is 75.4 Å². The highest BCUT2D eigenvalue weighted by molar-refractivity contribution is 6.31. The Morgan fingerprint density at radius 3 is 2.74 bits per heavy atom. The van der Waals surface area contributed by atoms with Crippen LogP contribution in [0.15, 0.2) is 30.5 Å². The third kappa shape index (κ3) is 2.77. The largest absolute Gasteiger partial charge is 0.508 e. The molecule has 0 aliphatic heterocycles. The number of halogens is 1. The summed E-state index contributed by atoms with van der Waals surface area (Å²) in [5, 5.41) is 23.1. The predicted molar refractivity (Wildman–Crippen MR) is 71.4 cm³/mol. The van der Waals surface area contributed by atoms with Gasteiger partial charge in [0.1, 0.15) is 11.5 Å². The van der Waals surface area contributed by atoms with Gasteiger partial charge in [-0.1, -0.05) is 11.6 Å². The van der Waals surface area contributed by atoms with E-state index in [4.69, 9.17) is 16.7 Å². The standard InChI is InChI=1S/C13H11ClN2O3/c1-16-11(10(14)7-15-16)4-5-12(18)9-3-2-8(17)6-13(9)19/h2-7,17,19H,1H3/b5-4+. The number of aromatic hydroxyl groups is 2. The van der Waals surface area contributed by atoms with Crippen LogP contribution in [0.5, 0.6) is 11.5 Å². The zero-order chi connectivity index (χ0) is 14.0. The summed E-state index contributed by atoms with van der Waals surface area (Å²) < 4.78 is 1.53. The maximum atomic E-state index is 11.9. The summed E-state index contributed by atoms with van der Waals surface area (Å²) in [7, 11) is 1.70. The highest BCUT2D eigenvalue weighted by Crippen LogP contribution is 2.23. The van der Waals surface area contributed by atoms with Crippen LogP contribution in [0.25, 0.3) is 6.08 Å². The van der Waals surface area contributed by atoms with Gasteiger partial charge in [-0.2, -0.15) is 5.10 Å². The van der Waals surface area contributed by atoms with Crippen LogP contribution in [0.3, 0.4) is 0 Å². The zero-order valence-electron chi connectivity index (χ0n) is 10.0. The number of allylic oxidation sites excluding steroid dienone is 1. The molecule has 0 saturated heterocycles. The zero-order valence-corrected chi connectivity index (χ0v) is 10.8. The van der Waals surface area contributed by atoms with Gasteiger partial charge in [0.25, 0.3) is 0 Å². The number of carbonyl (C=O) groups is 1. The van der Waals surface area contributed by atoms with E-state index in [-0.39, 0.29) is 17.1 Å². The molecule has 6 heteroatoms. The molecule has 0 radical (unpaired) electrons. The fraction of sp³-hybridized carbons (Fsp3) is 0.0769. The highest BCUT2D eigenvalue weighted by atomic mass is 35.5. The minimum atomic E-state index is -0.394. The lowest BCUT2D eigenvalue weighted by atomic mass is 10.1. The van der Waals surface area contributed by atoms with Crippen LogP contribution in [0.1, 0.15) is 16.1 Å². The van der Waals surface area contributed by atoms with Crippen molar-refractivity contribution in [1.82, 2.24) is 9.78 Å².